The van der Waals surface area contributed by atoms with Crippen molar-refractivity contribution in [3.63, 3.8) is 0 Å². The molecule has 2 heterocycles. The monoisotopic (exact) mass is 670 g/mol. The number of thioether (sulfide) groups is 1. The molecule has 19 heteroatoms. The molecule has 0 bridgehead atoms. The third kappa shape index (κ3) is 9.45. The van der Waals surface area contributed by atoms with Crippen molar-refractivity contribution in [1.82, 2.24) is 9.55 Å². The number of carbonyl (C=O) groups is 2. The van der Waals surface area contributed by atoms with E-state index in [4.69, 9.17) is 30.9 Å². The number of hydrogen-bond donors (Lipinski definition) is 4. The number of hydrogen-bond acceptors (Lipinski definition) is 8. The minimum atomic E-state index is -5.08. The van der Waals surface area contributed by atoms with Gasteiger partial charge in [0.2, 0.25) is 9.84 Å². The molecule has 0 saturated carbocycles. The Kier molecular flexibility index (Phi) is 11.4. The van der Waals surface area contributed by atoms with Gasteiger partial charge in [-0.25, -0.2) is 23.0 Å². The van der Waals surface area contributed by atoms with Crippen molar-refractivity contribution >= 4 is 61.7 Å². The van der Waals surface area contributed by atoms with Crippen molar-refractivity contribution in [2.75, 3.05) is 6.26 Å². The molecular weight excluding hydrogens is 650 g/mol. The van der Waals surface area contributed by atoms with E-state index in [1.807, 2.05) is 41.2 Å². The molecule has 0 spiro atoms. The van der Waals surface area contributed by atoms with Gasteiger partial charge in [0, 0.05) is 6.54 Å². The summed E-state index contributed by atoms with van der Waals surface area (Å²) in [6.07, 6.45) is -6.63. The molecule has 10 nitrogen and oxygen atoms in total. The molecular formula is C24H20F6N4O6S3. The summed E-state index contributed by atoms with van der Waals surface area (Å²) in [6, 6.07) is 16.4. The molecule has 232 valence electrons. The molecule has 4 rings (SSSR count). The van der Waals surface area contributed by atoms with Gasteiger partial charge in [-0.1, -0.05) is 30.3 Å². The molecule has 43 heavy (non-hydrogen) atoms. The number of carboxylic acids is 2. The number of amidine groups is 1. The first-order chi connectivity index (χ1) is 19.8. The Hall–Kier alpha value is -4.10. The number of aliphatic carboxylic acids is 2. The third-order valence-corrected chi connectivity index (χ3v) is 9.33. The third-order valence-electron chi connectivity index (χ3n) is 4.99. The summed E-state index contributed by atoms with van der Waals surface area (Å²) in [5.74, 6) is -5.65. The van der Waals surface area contributed by atoms with Gasteiger partial charge in [-0.2, -0.15) is 26.3 Å². The van der Waals surface area contributed by atoms with Crippen LogP contribution >= 0.6 is 23.1 Å². The molecule has 4 aromatic rings. The van der Waals surface area contributed by atoms with Gasteiger partial charge in [-0.15, -0.1) is 23.1 Å². The molecule has 0 amide bonds. The molecule has 2 aromatic carbocycles. The molecule has 0 radical (unpaired) electrons. The van der Waals surface area contributed by atoms with E-state index in [9.17, 15) is 34.8 Å². The summed E-state index contributed by atoms with van der Waals surface area (Å²) < 4.78 is 92.7. The van der Waals surface area contributed by atoms with Crippen LogP contribution in [0, 0.1) is 5.41 Å². The Morgan fingerprint density at radius 2 is 1.53 bits per heavy atom. The Morgan fingerprint density at radius 3 is 2.00 bits per heavy atom. The van der Waals surface area contributed by atoms with Crippen molar-refractivity contribution in [2.24, 2.45) is 5.73 Å². The number of sulfone groups is 1. The predicted octanol–water partition coefficient (Wildman–Crippen LogP) is 5.25. The number of alkyl halides is 6. The summed E-state index contributed by atoms with van der Waals surface area (Å²) in [5.41, 5.74) is 8.16. The maximum absolute atomic E-state index is 13.3. The molecule has 2 aromatic heterocycles. The number of imidazole rings is 1. The zero-order valence-electron chi connectivity index (χ0n) is 21.5. The number of aromatic nitrogens is 2. The second-order valence-corrected chi connectivity index (χ2v) is 12.0. The van der Waals surface area contributed by atoms with Gasteiger partial charge in [0.05, 0.1) is 36.2 Å². The van der Waals surface area contributed by atoms with Gasteiger partial charge in [0.1, 0.15) is 5.84 Å². The number of nitrogens with two attached hydrogens (primary N) is 1. The van der Waals surface area contributed by atoms with Crippen LogP contribution in [0.5, 0.6) is 0 Å². The molecule has 0 saturated heterocycles. The molecule has 0 atom stereocenters. The Morgan fingerprint density at radius 1 is 1.00 bits per heavy atom. The topological polar surface area (TPSA) is 176 Å². The highest BCUT2D eigenvalue weighted by Crippen LogP contribution is 2.37. The standard InChI is InChI=1S/C20H18N4O2S3.2C2HF3O2/c1-27-20-18(10-17(28-20)19(21)22)29(25,26)14-7-8-15-16(9-14)24(12-23-15)11-13-5-3-2-4-6-13;2*3-2(4,5)1(6)7/h2-10,12H,11H2,1H3,(H3,21,22);2*(H,6,7). The van der Waals surface area contributed by atoms with Gasteiger partial charge < -0.3 is 20.5 Å². The van der Waals surface area contributed by atoms with E-state index in [-0.39, 0.29) is 15.6 Å². The molecule has 0 aliphatic carbocycles. The number of rotatable bonds is 6. The summed E-state index contributed by atoms with van der Waals surface area (Å²) in [4.78, 5) is 23.0. The maximum Gasteiger partial charge on any atom is 0.490 e. The number of thiophene rings is 1. The maximum atomic E-state index is 13.3. The number of benzene rings is 2. The number of nitrogen functional groups attached to an aromatic ring is 1. The lowest BCUT2D eigenvalue weighted by Gasteiger charge is -2.07. The highest BCUT2D eigenvalue weighted by molar-refractivity contribution is 8.01. The first kappa shape index (κ1) is 35.1. The number of carboxylic acid groups (broad SMARTS) is 2. The van der Waals surface area contributed by atoms with Gasteiger partial charge in [-0.3, -0.25) is 5.41 Å². The lowest BCUT2D eigenvalue weighted by atomic mass is 10.2. The second-order valence-electron chi connectivity index (χ2n) is 8.00. The average Bonchev–Trinajstić information content (AvgIpc) is 3.54. The zero-order valence-corrected chi connectivity index (χ0v) is 23.9. The number of nitrogens with zero attached hydrogens (tertiary/aromatic N) is 2. The van der Waals surface area contributed by atoms with E-state index < -0.39 is 34.1 Å². The van der Waals surface area contributed by atoms with Crippen LogP contribution in [0.1, 0.15) is 10.4 Å². The van der Waals surface area contributed by atoms with E-state index in [0.29, 0.717) is 15.6 Å². The minimum Gasteiger partial charge on any atom is -0.475 e. The largest absolute Gasteiger partial charge is 0.490 e. The average molecular weight is 671 g/mol. The number of halogens is 6. The van der Waals surface area contributed by atoms with Gasteiger partial charge >= 0.3 is 24.3 Å². The van der Waals surface area contributed by atoms with Crippen molar-refractivity contribution < 1.29 is 54.6 Å². The second kappa shape index (κ2) is 13.9. The molecule has 0 unspecified atom stereocenters. The fourth-order valence-electron chi connectivity index (χ4n) is 3.06. The summed E-state index contributed by atoms with van der Waals surface area (Å²) in [7, 11) is -3.76. The normalized spacial score (nSPS) is 11.6. The van der Waals surface area contributed by atoms with Crippen LogP contribution in [0.25, 0.3) is 11.0 Å². The van der Waals surface area contributed by atoms with E-state index in [1.54, 1.807) is 24.5 Å². The van der Waals surface area contributed by atoms with Gasteiger partial charge in [0.25, 0.3) is 0 Å². The molecule has 0 aliphatic heterocycles. The summed E-state index contributed by atoms with van der Waals surface area (Å²) in [5, 5.41) is 21.9. The fourth-order valence-corrected chi connectivity index (χ4v) is 6.93. The van der Waals surface area contributed by atoms with Crippen LogP contribution in [0.3, 0.4) is 0 Å². The predicted molar refractivity (Wildman–Crippen MR) is 145 cm³/mol. The van der Waals surface area contributed by atoms with Crippen LogP contribution in [0.2, 0.25) is 0 Å². The van der Waals surface area contributed by atoms with Gasteiger partial charge in [-0.05, 0) is 36.1 Å². The van der Waals surface area contributed by atoms with E-state index in [1.165, 1.54) is 29.2 Å². The quantitative estimate of drug-likeness (QED) is 0.0924. The van der Waals surface area contributed by atoms with Crippen molar-refractivity contribution in [1.29, 1.82) is 5.41 Å². The van der Waals surface area contributed by atoms with Crippen LogP contribution in [-0.2, 0) is 26.0 Å². The minimum absolute atomic E-state index is 0.136. The first-order valence-electron chi connectivity index (χ1n) is 11.1. The number of nitrogens with one attached hydrogen (secondary N) is 1. The first-order valence-corrected chi connectivity index (χ1v) is 14.7. The van der Waals surface area contributed by atoms with E-state index >= 15 is 0 Å². The fraction of sp³-hybridized carbons (Fsp3) is 0.167. The van der Waals surface area contributed by atoms with Crippen LogP contribution in [-0.4, -0.2) is 64.6 Å². The van der Waals surface area contributed by atoms with Crippen molar-refractivity contribution in [2.45, 2.75) is 32.9 Å². The van der Waals surface area contributed by atoms with Crippen LogP contribution < -0.4 is 5.73 Å². The highest BCUT2D eigenvalue weighted by atomic mass is 32.2. The zero-order chi connectivity index (χ0) is 32.8. The van der Waals surface area contributed by atoms with E-state index in [0.717, 1.165) is 16.6 Å². The van der Waals surface area contributed by atoms with Crippen LogP contribution in [0.15, 0.2) is 74.9 Å². The SMILES string of the molecule is CSc1sc(C(=N)N)cc1S(=O)(=O)c1ccc2ncn(Cc3ccccc3)c2c1.O=C(O)C(F)(F)F.O=C(O)C(F)(F)F. The lowest BCUT2D eigenvalue weighted by Crippen LogP contribution is -2.21. The molecule has 5 N–H and O–H groups in total. The number of fused-ring (bicyclic) bond motifs is 1. The Bertz CT molecular complexity index is 1690. The Labute approximate surface area is 247 Å². The van der Waals surface area contributed by atoms with E-state index in [2.05, 4.69) is 4.98 Å². The smallest absolute Gasteiger partial charge is 0.475 e. The molecule has 0 aliphatic rings. The van der Waals surface area contributed by atoms with Crippen molar-refractivity contribution in [3.05, 3.63) is 71.4 Å². The summed E-state index contributed by atoms with van der Waals surface area (Å²) >= 11 is 2.55. The van der Waals surface area contributed by atoms with Crippen molar-refractivity contribution in [3.8, 4) is 0 Å². The summed E-state index contributed by atoms with van der Waals surface area (Å²) in [6.45, 7) is 0.601. The van der Waals surface area contributed by atoms with Gasteiger partial charge in [0.15, 0.2) is 0 Å². The molecule has 0 fully saturated rings. The van der Waals surface area contributed by atoms with Crippen LogP contribution in [0.4, 0.5) is 26.3 Å². The Balaban J connectivity index is 0.000000384. The highest BCUT2D eigenvalue weighted by Gasteiger charge is 2.38. The lowest BCUT2D eigenvalue weighted by molar-refractivity contribution is -0.193.